The maximum atomic E-state index is 12.0. The molecule has 0 bridgehead atoms. The van der Waals surface area contributed by atoms with Crippen LogP contribution in [0, 0.1) is 0 Å². The summed E-state index contributed by atoms with van der Waals surface area (Å²) in [5, 5.41) is 6.02. The molecule has 1 saturated carbocycles. The van der Waals surface area contributed by atoms with Crippen molar-refractivity contribution in [3.63, 3.8) is 0 Å². The van der Waals surface area contributed by atoms with Gasteiger partial charge in [-0.3, -0.25) is 9.78 Å². The first-order valence-electron chi connectivity index (χ1n) is 7.89. The van der Waals surface area contributed by atoms with E-state index < -0.39 is 0 Å². The predicted molar refractivity (Wildman–Crippen MR) is 83.6 cm³/mol. The summed E-state index contributed by atoms with van der Waals surface area (Å²) < 4.78 is 5.78. The van der Waals surface area contributed by atoms with Crippen LogP contribution in [0.3, 0.4) is 0 Å². The Labute approximate surface area is 126 Å². The number of hydrogen-bond acceptors (Lipinski definition) is 4. The lowest BCUT2D eigenvalue weighted by atomic mass is 9.98. The molecule has 1 fully saturated rings. The van der Waals surface area contributed by atoms with Crippen molar-refractivity contribution in [3.05, 3.63) is 24.0 Å². The second-order valence-corrected chi connectivity index (χ2v) is 5.35. The molecule has 1 aromatic heterocycles. The summed E-state index contributed by atoms with van der Waals surface area (Å²) in [5.41, 5.74) is 1.35. The van der Waals surface area contributed by atoms with Crippen molar-refractivity contribution in [1.82, 2.24) is 10.3 Å². The third-order valence-electron chi connectivity index (χ3n) is 3.67. The zero-order valence-corrected chi connectivity index (χ0v) is 12.7. The summed E-state index contributed by atoms with van der Waals surface area (Å²) in [4.78, 5) is 16.1. The molecule has 0 unspecified atom stereocenters. The van der Waals surface area contributed by atoms with Gasteiger partial charge < -0.3 is 15.4 Å². The molecule has 0 atom stereocenters. The van der Waals surface area contributed by atoms with E-state index in [-0.39, 0.29) is 5.91 Å². The molecule has 5 heteroatoms. The highest BCUT2D eigenvalue weighted by atomic mass is 16.5. The quantitative estimate of drug-likeness (QED) is 0.758. The van der Waals surface area contributed by atoms with Crippen molar-refractivity contribution in [2.45, 2.75) is 45.1 Å². The Balaban J connectivity index is 1.70. The van der Waals surface area contributed by atoms with Gasteiger partial charge in [-0.1, -0.05) is 19.3 Å². The van der Waals surface area contributed by atoms with Gasteiger partial charge in [0.05, 0.1) is 12.7 Å². The van der Waals surface area contributed by atoms with E-state index in [2.05, 4.69) is 15.6 Å². The Kier molecular flexibility index (Phi) is 6.47. The molecule has 1 heterocycles. The Morgan fingerprint density at radius 3 is 2.95 bits per heavy atom. The molecule has 0 radical (unpaired) electrons. The van der Waals surface area contributed by atoms with Crippen LogP contribution < -0.4 is 10.6 Å². The van der Waals surface area contributed by atoms with Crippen molar-refractivity contribution in [3.8, 4) is 0 Å². The number of hydrogen-bond donors (Lipinski definition) is 2. The summed E-state index contributed by atoms with van der Waals surface area (Å²) in [6.45, 7) is 3.94. The highest BCUT2D eigenvalue weighted by Gasteiger charge is 2.13. The first-order valence-corrected chi connectivity index (χ1v) is 7.89. The summed E-state index contributed by atoms with van der Waals surface area (Å²) in [5.74, 6) is -0.151. The lowest BCUT2D eigenvalue weighted by Gasteiger charge is -2.21. The molecular formula is C16H25N3O2. The van der Waals surface area contributed by atoms with E-state index in [1.54, 1.807) is 12.3 Å². The first-order chi connectivity index (χ1) is 10.3. The first kappa shape index (κ1) is 15.8. The Morgan fingerprint density at radius 1 is 1.38 bits per heavy atom. The predicted octanol–water partition coefficient (Wildman–Crippen LogP) is 2.59. The fourth-order valence-electron chi connectivity index (χ4n) is 2.58. The van der Waals surface area contributed by atoms with Crippen molar-refractivity contribution >= 4 is 11.6 Å². The zero-order chi connectivity index (χ0) is 14.9. The molecular weight excluding hydrogens is 266 g/mol. The van der Waals surface area contributed by atoms with Gasteiger partial charge in [0.1, 0.15) is 5.69 Å². The monoisotopic (exact) mass is 291 g/mol. The van der Waals surface area contributed by atoms with E-state index in [1.807, 2.05) is 13.0 Å². The van der Waals surface area contributed by atoms with Crippen LogP contribution in [0.2, 0.25) is 0 Å². The lowest BCUT2D eigenvalue weighted by Crippen LogP contribution is -2.30. The fourth-order valence-corrected chi connectivity index (χ4v) is 2.58. The highest BCUT2D eigenvalue weighted by Crippen LogP contribution is 2.19. The van der Waals surface area contributed by atoms with E-state index in [1.165, 1.54) is 19.3 Å². The average Bonchev–Trinajstić information content (AvgIpc) is 2.53. The van der Waals surface area contributed by atoms with Gasteiger partial charge in [0.15, 0.2) is 0 Å². The number of aromatic nitrogens is 1. The molecule has 116 valence electrons. The number of rotatable bonds is 7. The van der Waals surface area contributed by atoms with Gasteiger partial charge in [0.25, 0.3) is 5.91 Å². The smallest absolute Gasteiger partial charge is 0.270 e. The molecule has 0 spiro atoms. The summed E-state index contributed by atoms with van der Waals surface area (Å²) in [6, 6.07) is 3.62. The second-order valence-electron chi connectivity index (χ2n) is 5.35. The minimum atomic E-state index is -0.151. The van der Waals surface area contributed by atoms with Crippen LogP contribution in [-0.2, 0) is 4.74 Å². The fraction of sp³-hybridized carbons (Fsp3) is 0.625. The minimum absolute atomic E-state index is 0.151. The van der Waals surface area contributed by atoms with Crippen LogP contribution in [0.15, 0.2) is 18.3 Å². The summed E-state index contributed by atoms with van der Waals surface area (Å²) >= 11 is 0. The van der Waals surface area contributed by atoms with Gasteiger partial charge in [-0.25, -0.2) is 0 Å². The molecule has 1 aliphatic rings. The third-order valence-corrected chi connectivity index (χ3v) is 3.67. The standard InChI is InChI=1S/C16H25N3O2/c1-2-17-13-8-9-18-15(12-13)16(20)19-10-11-21-14-6-4-3-5-7-14/h8-9,12,14H,2-7,10-11H2,1H3,(H,17,18)(H,19,20). The van der Waals surface area contributed by atoms with Crippen LogP contribution in [-0.4, -0.2) is 36.7 Å². The maximum Gasteiger partial charge on any atom is 0.270 e. The van der Waals surface area contributed by atoms with Gasteiger partial charge in [-0.15, -0.1) is 0 Å². The summed E-state index contributed by atoms with van der Waals surface area (Å²) in [6.07, 6.45) is 8.18. The lowest BCUT2D eigenvalue weighted by molar-refractivity contribution is 0.0299. The van der Waals surface area contributed by atoms with Crippen molar-refractivity contribution in [1.29, 1.82) is 0 Å². The van der Waals surface area contributed by atoms with Gasteiger partial charge in [-0.2, -0.15) is 0 Å². The minimum Gasteiger partial charge on any atom is -0.385 e. The number of carbonyl (C=O) groups excluding carboxylic acids is 1. The number of amides is 1. The molecule has 0 aromatic carbocycles. The van der Waals surface area contributed by atoms with Crippen molar-refractivity contribution < 1.29 is 9.53 Å². The molecule has 1 aromatic rings. The normalized spacial score (nSPS) is 15.7. The average molecular weight is 291 g/mol. The zero-order valence-electron chi connectivity index (χ0n) is 12.7. The molecule has 2 rings (SSSR count). The Hall–Kier alpha value is -1.62. The molecule has 1 aliphatic carbocycles. The Bertz CT molecular complexity index is 445. The SMILES string of the molecule is CCNc1ccnc(C(=O)NCCOC2CCCCC2)c1. The van der Waals surface area contributed by atoms with Crippen molar-refractivity contribution in [2.75, 3.05) is 25.0 Å². The number of nitrogens with one attached hydrogen (secondary N) is 2. The van der Waals surface area contributed by atoms with Crippen LogP contribution in [0.5, 0.6) is 0 Å². The van der Waals surface area contributed by atoms with Gasteiger partial charge in [0.2, 0.25) is 0 Å². The number of anilines is 1. The van der Waals surface area contributed by atoms with Crippen molar-refractivity contribution in [2.24, 2.45) is 0 Å². The second kappa shape index (κ2) is 8.62. The van der Waals surface area contributed by atoms with E-state index in [9.17, 15) is 4.79 Å². The topological polar surface area (TPSA) is 63.2 Å². The van der Waals surface area contributed by atoms with Crippen LogP contribution in [0.4, 0.5) is 5.69 Å². The maximum absolute atomic E-state index is 12.0. The van der Waals surface area contributed by atoms with E-state index in [0.717, 1.165) is 25.1 Å². The number of pyridine rings is 1. The van der Waals surface area contributed by atoms with Gasteiger partial charge in [-0.05, 0) is 31.9 Å². The molecule has 2 N–H and O–H groups in total. The van der Waals surface area contributed by atoms with Gasteiger partial charge >= 0.3 is 0 Å². The Morgan fingerprint density at radius 2 is 2.19 bits per heavy atom. The van der Waals surface area contributed by atoms with E-state index >= 15 is 0 Å². The van der Waals surface area contributed by atoms with Gasteiger partial charge in [0, 0.05) is 25.0 Å². The molecule has 21 heavy (non-hydrogen) atoms. The number of ether oxygens (including phenoxy) is 1. The summed E-state index contributed by atoms with van der Waals surface area (Å²) in [7, 11) is 0. The molecule has 0 aliphatic heterocycles. The third kappa shape index (κ3) is 5.34. The highest BCUT2D eigenvalue weighted by molar-refractivity contribution is 5.93. The van der Waals surface area contributed by atoms with Crippen LogP contribution in [0.25, 0.3) is 0 Å². The number of nitrogens with zero attached hydrogens (tertiary/aromatic N) is 1. The van der Waals surface area contributed by atoms with Crippen LogP contribution in [0.1, 0.15) is 49.5 Å². The largest absolute Gasteiger partial charge is 0.385 e. The van der Waals surface area contributed by atoms with E-state index in [4.69, 9.17) is 4.74 Å². The number of carbonyl (C=O) groups is 1. The van der Waals surface area contributed by atoms with E-state index in [0.29, 0.717) is 24.9 Å². The molecule has 5 nitrogen and oxygen atoms in total. The van der Waals surface area contributed by atoms with Crippen LogP contribution >= 0.6 is 0 Å². The molecule has 1 amide bonds. The molecule has 0 saturated heterocycles.